The SMILES string of the molecule is CCNCc1sc(-c2ncc(Cl)cc2Cl)nc1CC. The van der Waals surface area contributed by atoms with Crippen LogP contribution in [0.5, 0.6) is 0 Å². The minimum atomic E-state index is 0.536. The van der Waals surface area contributed by atoms with Crippen LogP contribution < -0.4 is 5.32 Å². The predicted molar refractivity (Wildman–Crippen MR) is 82.1 cm³/mol. The predicted octanol–water partition coefficient (Wildman–Crippen LogP) is 4.18. The first kappa shape index (κ1) is 14.7. The summed E-state index contributed by atoms with van der Waals surface area (Å²) in [4.78, 5) is 10.2. The van der Waals surface area contributed by atoms with E-state index in [0.29, 0.717) is 15.7 Å². The second-order valence-corrected chi connectivity index (χ2v) is 5.93. The van der Waals surface area contributed by atoms with Gasteiger partial charge in [0.2, 0.25) is 0 Å². The average molecular weight is 316 g/mol. The summed E-state index contributed by atoms with van der Waals surface area (Å²) in [5, 5.41) is 5.25. The van der Waals surface area contributed by atoms with Gasteiger partial charge in [-0.15, -0.1) is 11.3 Å². The van der Waals surface area contributed by atoms with Crippen LogP contribution >= 0.6 is 34.5 Å². The molecule has 19 heavy (non-hydrogen) atoms. The van der Waals surface area contributed by atoms with Gasteiger partial charge in [-0.05, 0) is 19.0 Å². The molecule has 0 bridgehead atoms. The normalized spacial score (nSPS) is 10.9. The molecule has 0 spiro atoms. The Labute approximate surface area is 127 Å². The third-order valence-electron chi connectivity index (χ3n) is 2.66. The van der Waals surface area contributed by atoms with Crippen LogP contribution in [0.4, 0.5) is 0 Å². The molecule has 2 rings (SSSR count). The van der Waals surface area contributed by atoms with E-state index in [4.69, 9.17) is 23.2 Å². The van der Waals surface area contributed by atoms with Crippen LogP contribution in [0.1, 0.15) is 24.4 Å². The van der Waals surface area contributed by atoms with Gasteiger partial charge in [-0.3, -0.25) is 4.98 Å². The lowest BCUT2D eigenvalue weighted by Crippen LogP contribution is -2.11. The molecule has 2 heterocycles. The van der Waals surface area contributed by atoms with Gasteiger partial charge in [-0.1, -0.05) is 37.0 Å². The Kier molecular flexibility index (Phi) is 5.16. The number of hydrogen-bond acceptors (Lipinski definition) is 4. The molecule has 0 radical (unpaired) electrons. The first-order valence-corrected chi connectivity index (χ1v) is 7.73. The Balaban J connectivity index is 2.36. The number of aromatic nitrogens is 2. The second kappa shape index (κ2) is 6.66. The highest BCUT2D eigenvalue weighted by Crippen LogP contribution is 2.32. The molecule has 2 aromatic heterocycles. The first-order valence-electron chi connectivity index (χ1n) is 6.16. The highest BCUT2D eigenvalue weighted by Gasteiger charge is 2.14. The number of aryl methyl sites for hydroxylation is 1. The van der Waals surface area contributed by atoms with E-state index in [1.807, 2.05) is 0 Å². The molecule has 0 unspecified atom stereocenters. The Bertz CT molecular complexity index is 569. The molecule has 0 aliphatic carbocycles. The Morgan fingerprint density at radius 1 is 1.32 bits per heavy atom. The number of hydrogen-bond donors (Lipinski definition) is 1. The maximum atomic E-state index is 6.18. The molecule has 0 aromatic carbocycles. The third-order valence-corrected chi connectivity index (χ3v) is 4.26. The van der Waals surface area contributed by atoms with Gasteiger partial charge in [0.05, 0.1) is 15.7 Å². The smallest absolute Gasteiger partial charge is 0.143 e. The molecule has 102 valence electrons. The fourth-order valence-corrected chi connectivity index (χ4v) is 3.37. The molecule has 0 saturated heterocycles. The molecule has 6 heteroatoms. The molecule has 0 fully saturated rings. The van der Waals surface area contributed by atoms with Gasteiger partial charge in [0.15, 0.2) is 0 Å². The third kappa shape index (κ3) is 3.45. The summed E-state index contributed by atoms with van der Waals surface area (Å²) in [5.41, 5.74) is 1.81. The van der Waals surface area contributed by atoms with Crippen LogP contribution in [0, 0.1) is 0 Å². The van der Waals surface area contributed by atoms with Crippen LogP contribution in [0.3, 0.4) is 0 Å². The highest BCUT2D eigenvalue weighted by molar-refractivity contribution is 7.15. The summed E-state index contributed by atoms with van der Waals surface area (Å²) in [6.45, 7) is 5.97. The van der Waals surface area contributed by atoms with E-state index in [2.05, 4.69) is 29.1 Å². The summed E-state index contributed by atoms with van der Waals surface area (Å²) in [6.07, 6.45) is 2.50. The zero-order valence-electron chi connectivity index (χ0n) is 10.8. The fraction of sp³-hybridized carbons (Fsp3) is 0.385. The summed E-state index contributed by atoms with van der Waals surface area (Å²) in [6, 6.07) is 1.70. The maximum absolute atomic E-state index is 6.18. The van der Waals surface area contributed by atoms with Gasteiger partial charge in [0.25, 0.3) is 0 Å². The number of rotatable bonds is 5. The minimum absolute atomic E-state index is 0.536. The van der Waals surface area contributed by atoms with E-state index >= 15 is 0 Å². The van der Waals surface area contributed by atoms with Gasteiger partial charge in [-0.25, -0.2) is 4.98 Å². The maximum Gasteiger partial charge on any atom is 0.143 e. The van der Waals surface area contributed by atoms with E-state index < -0.39 is 0 Å². The standard InChI is InChI=1S/C13H15Cl2N3S/c1-3-10-11(7-16-4-2)19-13(18-10)12-9(15)5-8(14)6-17-12/h5-6,16H,3-4,7H2,1-2H3. The topological polar surface area (TPSA) is 37.8 Å². The molecular weight excluding hydrogens is 301 g/mol. The van der Waals surface area contributed by atoms with Gasteiger partial charge in [0, 0.05) is 17.6 Å². The van der Waals surface area contributed by atoms with Crippen molar-refractivity contribution in [2.45, 2.75) is 26.8 Å². The summed E-state index contributed by atoms with van der Waals surface area (Å²) in [7, 11) is 0. The molecule has 0 saturated carbocycles. The molecular formula is C13H15Cl2N3S. The van der Waals surface area contributed by atoms with Crippen molar-refractivity contribution in [1.82, 2.24) is 15.3 Å². The van der Waals surface area contributed by atoms with Gasteiger partial charge in [-0.2, -0.15) is 0 Å². The zero-order chi connectivity index (χ0) is 13.8. The summed E-state index contributed by atoms with van der Waals surface area (Å²) < 4.78 is 0. The van der Waals surface area contributed by atoms with Crippen molar-refractivity contribution in [2.24, 2.45) is 0 Å². The Morgan fingerprint density at radius 3 is 2.74 bits per heavy atom. The van der Waals surface area contributed by atoms with Crippen molar-refractivity contribution in [2.75, 3.05) is 6.54 Å². The Hall–Kier alpha value is -0.680. The highest BCUT2D eigenvalue weighted by atomic mass is 35.5. The van der Waals surface area contributed by atoms with Crippen molar-refractivity contribution in [3.8, 4) is 10.7 Å². The number of halogens is 2. The van der Waals surface area contributed by atoms with Crippen molar-refractivity contribution in [1.29, 1.82) is 0 Å². The van der Waals surface area contributed by atoms with Crippen LogP contribution in [-0.4, -0.2) is 16.5 Å². The average Bonchev–Trinajstić information content (AvgIpc) is 2.79. The number of thiazole rings is 1. The lowest BCUT2D eigenvalue weighted by molar-refractivity contribution is 0.727. The van der Waals surface area contributed by atoms with Gasteiger partial charge < -0.3 is 5.32 Å². The quantitative estimate of drug-likeness (QED) is 0.899. The van der Waals surface area contributed by atoms with Crippen molar-refractivity contribution >= 4 is 34.5 Å². The Morgan fingerprint density at radius 2 is 2.11 bits per heavy atom. The number of pyridine rings is 1. The van der Waals surface area contributed by atoms with Crippen LogP contribution in [-0.2, 0) is 13.0 Å². The molecule has 3 nitrogen and oxygen atoms in total. The largest absolute Gasteiger partial charge is 0.312 e. The van der Waals surface area contributed by atoms with Gasteiger partial charge >= 0.3 is 0 Å². The molecule has 0 aliphatic rings. The van der Waals surface area contributed by atoms with Crippen molar-refractivity contribution in [3.63, 3.8) is 0 Å². The van der Waals surface area contributed by atoms with E-state index in [9.17, 15) is 0 Å². The van der Waals surface area contributed by atoms with E-state index in [0.717, 1.165) is 30.2 Å². The lowest BCUT2D eigenvalue weighted by atomic mass is 10.3. The van der Waals surface area contributed by atoms with E-state index in [1.54, 1.807) is 23.6 Å². The molecule has 0 atom stereocenters. The second-order valence-electron chi connectivity index (χ2n) is 4.01. The number of nitrogens with zero attached hydrogens (tertiary/aromatic N) is 2. The van der Waals surface area contributed by atoms with E-state index in [1.165, 1.54) is 4.88 Å². The van der Waals surface area contributed by atoms with Gasteiger partial charge in [0.1, 0.15) is 10.7 Å². The summed E-state index contributed by atoms with van der Waals surface area (Å²) in [5.74, 6) is 0. The number of nitrogens with one attached hydrogen (secondary N) is 1. The fourth-order valence-electron chi connectivity index (χ4n) is 1.71. The molecule has 2 aromatic rings. The minimum Gasteiger partial charge on any atom is -0.312 e. The lowest BCUT2D eigenvalue weighted by Gasteiger charge is -1.99. The monoisotopic (exact) mass is 315 g/mol. The summed E-state index contributed by atoms with van der Waals surface area (Å²) >= 11 is 13.7. The van der Waals surface area contributed by atoms with Crippen LogP contribution in [0.2, 0.25) is 10.0 Å². The molecule has 1 N–H and O–H groups in total. The first-order chi connectivity index (χ1) is 9.15. The van der Waals surface area contributed by atoms with Crippen molar-refractivity contribution < 1.29 is 0 Å². The van der Waals surface area contributed by atoms with E-state index in [-0.39, 0.29) is 0 Å². The molecule has 0 amide bonds. The van der Waals surface area contributed by atoms with Crippen LogP contribution in [0.15, 0.2) is 12.3 Å². The van der Waals surface area contributed by atoms with Crippen LogP contribution in [0.25, 0.3) is 10.7 Å². The molecule has 0 aliphatic heterocycles. The zero-order valence-corrected chi connectivity index (χ0v) is 13.2. The van der Waals surface area contributed by atoms with Crippen molar-refractivity contribution in [3.05, 3.63) is 32.9 Å².